The van der Waals surface area contributed by atoms with E-state index in [1.165, 1.54) is 302 Å². The van der Waals surface area contributed by atoms with E-state index in [1.54, 1.807) is 6.08 Å². The Morgan fingerprint density at radius 2 is 0.610 bits per heavy atom. The molecule has 2 atom stereocenters. The highest BCUT2D eigenvalue weighted by atomic mass is 16.5. The maximum absolute atomic E-state index is 12.4. The van der Waals surface area contributed by atoms with E-state index >= 15 is 0 Å². The number of unbranched alkanes of at least 4 members (excludes halogenated alkanes) is 49. The van der Waals surface area contributed by atoms with Crippen LogP contribution in [0.3, 0.4) is 0 Å². The van der Waals surface area contributed by atoms with Crippen molar-refractivity contribution in [3.05, 3.63) is 60.8 Å². The fourth-order valence-corrected chi connectivity index (χ4v) is 11.2. The van der Waals surface area contributed by atoms with Crippen LogP contribution in [-0.2, 0) is 14.3 Å². The molecular formula is C76H141NO5. The summed E-state index contributed by atoms with van der Waals surface area (Å²) in [6.07, 6.45) is 94.8. The maximum Gasteiger partial charge on any atom is 0.305 e. The van der Waals surface area contributed by atoms with Gasteiger partial charge in [0.1, 0.15) is 0 Å². The molecule has 6 heteroatoms. The second-order valence-electron chi connectivity index (χ2n) is 24.9. The zero-order valence-corrected chi connectivity index (χ0v) is 55.0. The third-order valence-electron chi connectivity index (χ3n) is 16.8. The fraction of sp³-hybridized carbons (Fsp3) is 0.842. The van der Waals surface area contributed by atoms with Crippen molar-refractivity contribution >= 4 is 11.9 Å². The van der Waals surface area contributed by atoms with Crippen LogP contribution in [0.2, 0.25) is 0 Å². The van der Waals surface area contributed by atoms with E-state index in [4.69, 9.17) is 4.74 Å². The minimum absolute atomic E-state index is 0.0146. The summed E-state index contributed by atoms with van der Waals surface area (Å²) in [6, 6.07) is -0.624. The smallest absolute Gasteiger partial charge is 0.305 e. The molecule has 0 saturated carbocycles. The quantitative estimate of drug-likeness (QED) is 0.0320. The molecule has 0 aromatic carbocycles. The van der Waals surface area contributed by atoms with Gasteiger partial charge in [-0.1, -0.05) is 338 Å². The summed E-state index contributed by atoms with van der Waals surface area (Å²) in [7, 11) is 0. The summed E-state index contributed by atoms with van der Waals surface area (Å²) in [5, 5.41) is 23.0. The predicted octanol–water partition coefficient (Wildman–Crippen LogP) is 23.8. The number of carbonyl (C=O) groups is 2. The number of allylic oxidation sites excluding steroid dienone is 9. The SMILES string of the molecule is CCCCC/C=C\C/C=C\CCCCCCCCCCCC(=O)OCCCCCCCCCCCCCCC/C=C\C/C=C\CCCCCCCCCCCCCCCCCCCC(=O)NC(CO)C(O)/C=C/CCCCCCCCC. The third kappa shape index (κ3) is 66.7. The van der Waals surface area contributed by atoms with E-state index in [0.717, 1.165) is 57.8 Å². The van der Waals surface area contributed by atoms with Crippen LogP contribution in [0, 0.1) is 0 Å². The summed E-state index contributed by atoms with van der Waals surface area (Å²) in [5.41, 5.74) is 0. The fourth-order valence-electron chi connectivity index (χ4n) is 11.2. The molecule has 0 radical (unpaired) electrons. The Morgan fingerprint density at radius 1 is 0.341 bits per heavy atom. The molecule has 0 spiro atoms. The lowest BCUT2D eigenvalue weighted by molar-refractivity contribution is -0.143. The Kier molecular flexibility index (Phi) is 68.9. The van der Waals surface area contributed by atoms with Gasteiger partial charge < -0.3 is 20.3 Å². The molecule has 0 aliphatic carbocycles. The van der Waals surface area contributed by atoms with E-state index in [-0.39, 0.29) is 18.5 Å². The molecule has 480 valence electrons. The predicted molar refractivity (Wildman–Crippen MR) is 361 cm³/mol. The average Bonchev–Trinajstić information content (AvgIpc) is 3.48. The van der Waals surface area contributed by atoms with Crippen molar-refractivity contribution in [1.82, 2.24) is 5.32 Å². The number of aliphatic hydroxyl groups is 2. The van der Waals surface area contributed by atoms with Crippen molar-refractivity contribution in [3.63, 3.8) is 0 Å². The van der Waals surface area contributed by atoms with Crippen LogP contribution in [0.5, 0.6) is 0 Å². The summed E-state index contributed by atoms with van der Waals surface area (Å²) >= 11 is 0. The molecular weight excluding hydrogens is 1010 g/mol. The number of carbonyl (C=O) groups excluding carboxylic acids is 2. The number of esters is 1. The molecule has 0 aliphatic heterocycles. The molecule has 0 bridgehead atoms. The van der Waals surface area contributed by atoms with E-state index in [0.29, 0.717) is 19.4 Å². The molecule has 6 nitrogen and oxygen atoms in total. The molecule has 2 unspecified atom stereocenters. The van der Waals surface area contributed by atoms with Gasteiger partial charge in [-0.2, -0.15) is 0 Å². The largest absolute Gasteiger partial charge is 0.466 e. The van der Waals surface area contributed by atoms with Crippen LogP contribution < -0.4 is 5.32 Å². The van der Waals surface area contributed by atoms with Crippen LogP contribution in [0.15, 0.2) is 60.8 Å². The van der Waals surface area contributed by atoms with E-state index in [9.17, 15) is 19.8 Å². The molecule has 0 saturated heterocycles. The molecule has 3 N–H and O–H groups in total. The van der Waals surface area contributed by atoms with Gasteiger partial charge in [-0.15, -0.1) is 0 Å². The van der Waals surface area contributed by atoms with Crippen molar-refractivity contribution in [2.45, 2.75) is 398 Å². The highest BCUT2D eigenvalue weighted by molar-refractivity contribution is 5.76. The van der Waals surface area contributed by atoms with Gasteiger partial charge in [0.2, 0.25) is 5.91 Å². The van der Waals surface area contributed by atoms with Gasteiger partial charge in [0.05, 0.1) is 25.4 Å². The van der Waals surface area contributed by atoms with Crippen molar-refractivity contribution in [1.29, 1.82) is 0 Å². The highest BCUT2D eigenvalue weighted by Gasteiger charge is 2.18. The van der Waals surface area contributed by atoms with E-state index in [2.05, 4.69) is 67.8 Å². The van der Waals surface area contributed by atoms with Crippen LogP contribution in [0.25, 0.3) is 0 Å². The lowest BCUT2D eigenvalue weighted by Crippen LogP contribution is -2.45. The van der Waals surface area contributed by atoms with Crippen LogP contribution in [0.4, 0.5) is 0 Å². The monoisotopic (exact) mass is 1150 g/mol. The Morgan fingerprint density at radius 3 is 0.951 bits per heavy atom. The lowest BCUT2D eigenvalue weighted by Gasteiger charge is -2.20. The molecule has 0 fully saturated rings. The minimum atomic E-state index is -0.841. The zero-order valence-electron chi connectivity index (χ0n) is 55.0. The third-order valence-corrected chi connectivity index (χ3v) is 16.8. The van der Waals surface area contributed by atoms with Crippen molar-refractivity contribution in [2.24, 2.45) is 0 Å². The normalized spacial score (nSPS) is 12.9. The first-order valence-corrected chi connectivity index (χ1v) is 36.6. The van der Waals surface area contributed by atoms with E-state index < -0.39 is 12.1 Å². The van der Waals surface area contributed by atoms with Crippen LogP contribution >= 0.6 is 0 Å². The van der Waals surface area contributed by atoms with Crippen LogP contribution in [0.1, 0.15) is 386 Å². The zero-order chi connectivity index (χ0) is 59.2. The summed E-state index contributed by atoms with van der Waals surface area (Å²) in [5.74, 6) is -0.0526. The molecule has 0 heterocycles. The number of ether oxygens (including phenoxy) is 1. The molecule has 0 rings (SSSR count). The van der Waals surface area contributed by atoms with Crippen molar-refractivity contribution < 1.29 is 24.5 Å². The van der Waals surface area contributed by atoms with Crippen LogP contribution in [-0.4, -0.2) is 47.4 Å². The average molecular weight is 1150 g/mol. The Balaban J connectivity index is 3.34. The second-order valence-corrected chi connectivity index (χ2v) is 24.9. The van der Waals surface area contributed by atoms with Gasteiger partial charge >= 0.3 is 5.97 Å². The van der Waals surface area contributed by atoms with E-state index in [1.807, 2.05) is 6.08 Å². The van der Waals surface area contributed by atoms with Crippen molar-refractivity contribution in [3.8, 4) is 0 Å². The van der Waals surface area contributed by atoms with Gasteiger partial charge in [-0.05, 0) is 96.3 Å². The number of amides is 1. The molecule has 0 aliphatic rings. The summed E-state index contributed by atoms with van der Waals surface area (Å²) in [6.45, 7) is 4.87. The van der Waals surface area contributed by atoms with Crippen molar-refractivity contribution in [2.75, 3.05) is 13.2 Å². The van der Waals surface area contributed by atoms with Gasteiger partial charge in [0.25, 0.3) is 0 Å². The second kappa shape index (κ2) is 71.0. The van der Waals surface area contributed by atoms with Gasteiger partial charge in [-0.25, -0.2) is 0 Å². The molecule has 0 aromatic heterocycles. The number of nitrogens with one attached hydrogen (secondary N) is 1. The summed E-state index contributed by atoms with van der Waals surface area (Å²) < 4.78 is 5.51. The standard InChI is InChI=1S/C76H141NO5/c1-3-5-7-9-11-13-14-15-16-17-37-41-44-47-50-54-58-62-66-70-76(81)82-71-67-63-59-55-51-48-45-42-39-36-34-32-30-28-26-24-22-20-18-19-21-23-25-27-29-31-33-35-38-40-43-46-49-53-57-61-65-69-75(80)77-73(72-78)74(79)68-64-60-56-52-12-10-8-6-4-2/h11,13,15-16,18,20,24,26,64,68,73-74,78-79H,3-10,12,14,17,19,21-23,25,27-63,65-67,69-72H2,1-2H3,(H,77,80)/b13-11-,16-15-,20-18-,26-24-,68-64+. The number of hydrogen-bond acceptors (Lipinski definition) is 5. The highest BCUT2D eigenvalue weighted by Crippen LogP contribution is 2.18. The van der Waals surface area contributed by atoms with Gasteiger partial charge in [0, 0.05) is 12.8 Å². The molecule has 82 heavy (non-hydrogen) atoms. The maximum atomic E-state index is 12.4. The number of hydrogen-bond donors (Lipinski definition) is 3. The minimum Gasteiger partial charge on any atom is -0.466 e. The van der Waals surface area contributed by atoms with Gasteiger partial charge in [0.15, 0.2) is 0 Å². The Labute approximate surface area is 511 Å². The van der Waals surface area contributed by atoms with Gasteiger partial charge in [-0.3, -0.25) is 9.59 Å². The lowest BCUT2D eigenvalue weighted by atomic mass is 10.0. The first kappa shape index (κ1) is 79.6. The number of aliphatic hydroxyl groups excluding tert-OH is 2. The number of rotatable bonds is 68. The first-order valence-electron chi connectivity index (χ1n) is 36.6. The summed E-state index contributed by atoms with van der Waals surface area (Å²) in [4.78, 5) is 24.5. The molecule has 1 amide bonds. The first-order chi connectivity index (χ1) is 40.5. The topological polar surface area (TPSA) is 95.9 Å². The Hall–Kier alpha value is -2.44. The molecule has 0 aromatic rings. The Bertz CT molecular complexity index is 1420.